The zero-order valence-corrected chi connectivity index (χ0v) is 16.1. The van der Waals surface area contributed by atoms with Gasteiger partial charge in [-0.05, 0) is 37.3 Å². The second kappa shape index (κ2) is 8.02. The number of halogens is 3. The van der Waals surface area contributed by atoms with Gasteiger partial charge in [-0.3, -0.25) is 9.78 Å². The van der Waals surface area contributed by atoms with E-state index in [0.717, 1.165) is 10.9 Å². The molecule has 2 aromatic heterocycles. The summed E-state index contributed by atoms with van der Waals surface area (Å²) in [5.74, 6) is 0.350. The Balaban J connectivity index is 1.73. The Hall–Kier alpha value is -3.23. The molecule has 3 aromatic rings. The van der Waals surface area contributed by atoms with Gasteiger partial charge in [0.15, 0.2) is 6.61 Å². The Morgan fingerprint density at radius 1 is 1.24 bits per heavy atom. The van der Waals surface area contributed by atoms with Crippen molar-refractivity contribution in [3.8, 4) is 11.5 Å². The zero-order valence-electron chi connectivity index (χ0n) is 16.1. The van der Waals surface area contributed by atoms with E-state index >= 15 is 0 Å². The monoisotopic (exact) mass is 407 g/mol. The number of hydrogen-bond acceptors (Lipinski definition) is 4. The Morgan fingerprint density at radius 3 is 2.59 bits per heavy atom. The average molecular weight is 407 g/mol. The van der Waals surface area contributed by atoms with Crippen LogP contribution < -0.4 is 14.8 Å². The maximum absolute atomic E-state index is 12.8. The molecule has 0 radical (unpaired) electrons. The molecular formula is C20H20F3N3O3. The summed E-state index contributed by atoms with van der Waals surface area (Å²) in [5.41, 5.74) is 1.86. The number of rotatable bonds is 6. The maximum atomic E-state index is 12.8. The van der Waals surface area contributed by atoms with Crippen LogP contribution in [-0.2, 0) is 7.05 Å². The molecule has 0 saturated carbocycles. The number of aryl methyl sites for hydroxylation is 1. The molecule has 154 valence electrons. The Labute approximate surface area is 165 Å². The molecule has 1 N–H and O–H groups in total. The number of hydrogen-bond donors (Lipinski definition) is 1. The summed E-state index contributed by atoms with van der Waals surface area (Å²) in [6, 6.07) is 7.93. The highest BCUT2D eigenvalue weighted by molar-refractivity contribution is 6.07. The van der Waals surface area contributed by atoms with Crippen molar-refractivity contribution in [2.24, 2.45) is 7.05 Å². The van der Waals surface area contributed by atoms with Gasteiger partial charge in [-0.1, -0.05) is 0 Å². The van der Waals surface area contributed by atoms with Crippen molar-refractivity contribution in [3.05, 3.63) is 54.0 Å². The van der Waals surface area contributed by atoms with Gasteiger partial charge < -0.3 is 19.4 Å². The van der Waals surface area contributed by atoms with E-state index in [2.05, 4.69) is 15.0 Å². The molecule has 1 atom stereocenters. The lowest BCUT2D eigenvalue weighted by Gasteiger charge is -2.14. The normalized spacial score (nSPS) is 12.6. The fourth-order valence-electron chi connectivity index (χ4n) is 2.93. The second-order valence-corrected chi connectivity index (χ2v) is 6.55. The van der Waals surface area contributed by atoms with E-state index < -0.39 is 18.8 Å². The highest BCUT2D eigenvalue weighted by Crippen LogP contribution is 2.26. The van der Waals surface area contributed by atoms with E-state index in [1.165, 1.54) is 18.3 Å². The molecule has 1 amide bonds. The van der Waals surface area contributed by atoms with Crippen LogP contribution in [-0.4, -0.2) is 35.4 Å². The third-order valence-corrected chi connectivity index (χ3v) is 4.39. The van der Waals surface area contributed by atoms with Crippen LogP contribution in [0.1, 0.15) is 29.0 Å². The number of fused-ring (bicyclic) bond motifs is 1. The van der Waals surface area contributed by atoms with Gasteiger partial charge in [0, 0.05) is 24.1 Å². The van der Waals surface area contributed by atoms with Crippen LogP contribution in [0.25, 0.3) is 10.9 Å². The van der Waals surface area contributed by atoms with Crippen LogP contribution in [0, 0.1) is 0 Å². The molecule has 9 heteroatoms. The van der Waals surface area contributed by atoms with Crippen molar-refractivity contribution < 1.29 is 27.4 Å². The van der Waals surface area contributed by atoms with Crippen LogP contribution in [0.4, 0.5) is 13.2 Å². The van der Waals surface area contributed by atoms with Crippen molar-refractivity contribution in [1.29, 1.82) is 0 Å². The Kier molecular flexibility index (Phi) is 5.67. The summed E-state index contributed by atoms with van der Waals surface area (Å²) in [7, 11) is 3.40. The highest BCUT2D eigenvalue weighted by atomic mass is 19.4. The van der Waals surface area contributed by atoms with Crippen LogP contribution in [0.3, 0.4) is 0 Å². The van der Waals surface area contributed by atoms with Crippen LogP contribution >= 0.6 is 0 Å². The summed E-state index contributed by atoms with van der Waals surface area (Å²) in [5, 5.41) is 3.61. The summed E-state index contributed by atoms with van der Waals surface area (Å²) >= 11 is 0. The van der Waals surface area contributed by atoms with Gasteiger partial charge in [0.2, 0.25) is 0 Å². The smallest absolute Gasteiger partial charge is 0.422 e. The van der Waals surface area contributed by atoms with E-state index in [0.29, 0.717) is 17.0 Å². The van der Waals surface area contributed by atoms with E-state index in [1.54, 1.807) is 26.3 Å². The fourth-order valence-corrected chi connectivity index (χ4v) is 2.93. The minimum absolute atomic E-state index is 0.00532. The van der Waals surface area contributed by atoms with Gasteiger partial charge in [0.05, 0.1) is 30.6 Å². The van der Waals surface area contributed by atoms with E-state index in [4.69, 9.17) is 4.74 Å². The summed E-state index contributed by atoms with van der Waals surface area (Å²) in [6.45, 7) is 0.354. The number of alkyl halides is 3. The molecular weight excluding hydrogens is 387 g/mol. The number of amides is 1. The third kappa shape index (κ3) is 4.79. The van der Waals surface area contributed by atoms with Crippen LogP contribution in [0.15, 0.2) is 42.7 Å². The third-order valence-electron chi connectivity index (χ3n) is 4.39. The molecule has 0 bridgehead atoms. The lowest BCUT2D eigenvalue weighted by atomic mass is 10.1. The molecule has 0 aliphatic rings. The molecule has 3 rings (SSSR count). The molecule has 0 fully saturated rings. The van der Waals surface area contributed by atoms with Gasteiger partial charge in [0.25, 0.3) is 5.91 Å². The predicted octanol–water partition coefficient (Wildman–Crippen LogP) is 4.01. The molecule has 0 aliphatic heterocycles. The summed E-state index contributed by atoms with van der Waals surface area (Å²) < 4.78 is 48.4. The number of carbonyl (C=O) groups excluding carboxylic acids is 1. The number of nitrogens with one attached hydrogen (secondary N) is 1. The number of methoxy groups -OCH3 is 1. The molecule has 6 nitrogen and oxygen atoms in total. The van der Waals surface area contributed by atoms with Crippen LogP contribution in [0.5, 0.6) is 11.5 Å². The first kappa shape index (κ1) is 20.5. The maximum Gasteiger partial charge on any atom is 0.422 e. The zero-order chi connectivity index (χ0) is 21.2. The van der Waals surface area contributed by atoms with Crippen molar-refractivity contribution >= 4 is 16.8 Å². The van der Waals surface area contributed by atoms with Gasteiger partial charge in [-0.2, -0.15) is 13.2 Å². The predicted molar refractivity (Wildman–Crippen MR) is 101 cm³/mol. The van der Waals surface area contributed by atoms with Crippen molar-refractivity contribution in [3.63, 3.8) is 0 Å². The topological polar surface area (TPSA) is 65.4 Å². The fraction of sp³-hybridized carbons (Fsp3) is 0.300. The molecule has 2 heterocycles. The highest BCUT2D eigenvalue weighted by Gasteiger charge is 2.28. The summed E-state index contributed by atoms with van der Waals surface area (Å²) in [6.07, 6.45) is -1.48. The van der Waals surface area contributed by atoms with Gasteiger partial charge in [-0.25, -0.2) is 0 Å². The Morgan fingerprint density at radius 2 is 1.97 bits per heavy atom. The molecule has 0 spiro atoms. The number of ether oxygens (including phenoxy) is 2. The minimum atomic E-state index is -4.42. The first-order chi connectivity index (χ1) is 13.7. The quantitative estimate of drug-likeness (QED) is 0.671. The number of aromatic nitrogens is 2. The second-order valence-electron chi connectivity index (χ2n) is 6.55. The first-order valence-electron chi connectivity index (χ1n) is 8.77. The van der Waals surface area contributed by atoms with Gasteiger partial charge in [-0.15, -0.1) is 0 Å². The summed E-state index contributed by atoms with van der Waals surface area (Å²) in [4.78, 5) is 16.9. The Bertz CT molecular complexity index is 1010. The lowest BCUT2D eigenvalue weighted by molar-refractivity contribution is -0.153. The van der Waals surface area contributed by atoms with Crippen molar-refractivity contribution in [1.82, 2.24) is 14.9 Å². The molecule has 29 heavy (non-hydrogen) atoms. The van der Waals surface area contributed by atoms with E-state index in [-0.39, 0.29) is 11.7 Å². The number of carbonyl (C=O) groups is 1. The number of pyridine rings is 1. The minimum Gasteiger partial charge on any atom is -0.497 e. The lowest BCUT2D eigenvalue weighted by Crippen LogP contribution is -2.27. The first-order valence-corrected chi connectivity index (χ1v) is 8.77. The standard InChI is InChI=1S/C20H20F3N3O3/c1-12(17-6-4-14(9-24-17)29-11-20(21,22)23)25-19(27)16-10-26(2)18-7-5-13(28-3)8-15(16)18/h4-10,12H,11H2,1-3H3,(H,25,27). The van der Waals surface area contributed by atoms with Gasteiger partial charge in [0.1, 0.15) is 11.5 Å². The van der Waals surface area contributed by atoms with Crippen molar-refractivity contribution in [2.45, 2.75) is 19.1 Å². The number of nitrogens with zero attached hydrogens (tertiary/aromatic N) is 2. The average Bonchev–Trinajstić information content (AvgIpc) is 3.02. The molecule has 0 saturated heterocycles. The van der Waals surface area contributed by atoms with Crippen molar-refractivity contribution in [2.75, 3.05) is 13.7 Å². The van der Waals surface area contributed by atoms with Gasteiger partial charge >= 0.3 is 6.18 Å². The van der Waals surface area contributed by atoms with E-state index in [9.17, 15) is 18.0 Å². The largest absolute Gasteiger partial charge is 0.497 e. The number of benzene rings is 1. The van der Waals surface area contributed by atoms with Crippen LogP contribution in [0.2, 0.25) is 0 Å². The van der Waals surface area contributed by atoms with E-state index in [1.807, 2.05) is 23.7 Å². The molecule has 0 aliphatic carbocycles. The molecule has 1 aromatic carbocycles. The molecule has 1 unspecified atom stereocenters. The SMILES string of the molecule is COc1ccc2c(c1)c(C(=O)NC(C)c1ccc(OCC(F)(F)F)cn1)cn2C.